The van der Waals surface area contributed by atoms with Gasteiger partial charge in [0.05, 0.1) is 11.1 Å². The summed E-state index contributed by atoms with van der Waals surface area (Å²) >= 11 is 0. The molecule has 2 amide bonds. The number of H-pyrrole nitrogens is 1. The Morgan fingerprint density at radius 2 is 2.04 bits per heavy atom. The number of nitrogens with one attached hydrogen (secondary N) is 1. The van der Waals surface area contributed by atoms with Crippen LogP contribution in [0.3, 0.4) is 0 Å². The molecule has 7 heteroatoms. The van der Waals surface area contributed by atoms with E-state index in [9.17, 15) is 14.4 Å². The number of para-hydroxylation sites is 1. The lowest BCUT2D eigenvalue weighted by Crippen LogP contribution is -2.43. The third-order valence-corrected chi connectivity index (χ3v) is 4.95. The van der Waals surface area contributed by atoms with E-state index in [0.29, 0.717) is 31.5 Å². The van der Waals surface area contributed by atoms with Crippen LogP contribution in [0.2, 0.25) is 0 Å². The number of likely N-dealkylation sites (tertiary alicyclic amines) is 1. The van der Waals surface area contributed by atoms with Crippen molar-refractivity contribution in [2.45, 2.75) is 32.2 Å². The number of rotatable bonds is 4. The Morgan fingerprint density at radius 1 is 1.23 bits per heavy atom. The van der Waals surface area contributed by atoms with Crippen molar-refractivity contribution in [1.29, 1.82) is 0 Å². The summed E-state index contributed by atoms with van der Waals surface area (Å²) < 4.78 is 0. The molecular formula is C19H23N3O4. The molecule has 1 unspecified atom stereocenters. The van der Waals surface area contributed by atoms with E-state index in [2.05, 4.69) is 4.98 Å². The van der Waals surface area contributed by atoms with Crippen LogP contribution in [0.15, 0.2) is 30.5 Å². The molecule has 3 rings (SSSR count). The van der Waals surface area contributed by atoms with Crippen molar-refractivity contribution in [1.82, 2.24) is 14.8 Å². The average Bonchev–Trinajstić information content (AvgIpc) is 2.95. The van der Waals surface area contributed by atoms with E-state index < -0.39 is 5.97 Å². The molecule has 2 aromatic rings. The molecule has 1 aliphatic heterocycles. The topological polar surface area (TPSA) is 93.7 Å². The summed E-state index contributed by atoms with van der Waals surface area (Å²) in [5.41, 5.74) is 1.47. The van der Waals surface area contributed by atoms with Gasteiger partial charge in [0.1, 0.15) is 6.54 Å². The first kappa shape index (κ1) is 18.0. The van der Waals surface area contributed by atoms with Gasteiger partial charge in [-0.25, -0.2) is 0 Å². The number of hydrogen-bond acceptors (Lipinski definition) is 3. The highest BCUT2D eigenvalue weighted by molar-refractivity contribution is 6.05. The fraction of sp³-hybridized carbons (Fsp3) is 0.421. The predicted molar refractivity (Wildman–Crippen MR) is 96.9 cm³/mol. The molecule has 7 nitrogen and oxygen atoms in total. The third kappa shape index (κ3) is 3.71. The van der Waals surface area contributed by atoms with E-state index in [1.807, 2.05) is 30.5 Å². The number of carboxylic acids is 1. The first-order valence-corrected chi connectivity index (χ1v) is 8.81. The van der Waals surface area contributed by atoms with Gasteiger partial charge in [-0.2, -0.15) is 0 Å². The zero-order valence-corrected chi connectivity index (χ0v) is 14.8. The van der Waals surface area contributed by atoms with Crippen molar-refractivity contribution in [3.05, 3.63) is 36.0 Å². The molecule has 0 radical (unpaired) electrons. The van der Waals surface area contributed by atoms with Crippen molar-refractivity contribution in [3.8, 4) is 0 Å². The SMILES string of the molecule is CC(=O)N(CC(=O)O)C1CCCN(C(=O)c2cccc3cc[nH]c23)CC1. The second-order valence-corrected chi connectivity index (χ2v) is 6.67. The average molecular weight is 357 g/mol. The summed E-state index contributed by atoms with van der Waals surface area (Å²) in [5, 5.41) is 10.0. The number of amides is 2. The molecule has 0 saturated carbocycles. The van der Waals surface area contributed by atoms with Gasteiger partial charge in [0.2, 0.25) is 5.91 Å². The number of carboxylic acid groups (broad SMARTS) is 1. The summed E-state index contributed by atoms with van der Waals surface area (Å²) in [4.78, 5) is 42.2. The maximum absolute atomic E-state index is 13.0. The number of fused-ring (bicyclic) bond motifs is 1. The molecule has 1 aliphatic rings. The van der Waals surface area contributed by atoms with Crippen LogP contribution in [-0.4, -0.2) is 63.4 Å². The largest absolute Gasteiger partial charge is 0.480 e. The molecule has 138 valence electrons. The van der Waals surface area contributed by atoms with Crippen LogP contribution in [0.1, 0.15) is 36.5 Å². The summed E-state index contributed by atoms with van der Waals surface area (Å²) in [7, 11) is 0. The predicted octanol–water partition coefficient (Wildman–Crippen LogP) is 2.10. The first-order chi connectivity index (χ1) is 12.5. The van der Waals surface area contributed by atoms with Gasteiger partial charge in [0, 0.05) is 37.6 Å². The Morgan fingerprint density at radius 3 is 2.77 bits per heavy atom. The number of aromatic nitrogens is 1. The Bertz CT molecular complexity index is 829. The van der Waals surface area contributed by atoms with Crippen molar-refractivity contribution in [3.63, 3.8) is 0 Å². The van der Waals surface area contributed by atoms with Gasteiger partial charge in [-0.15, -0.1) is 0 Å². The maximum Gasteiger partial charge on any atom is 0.323 e. The number of carbonyl (C=O) groups is 3. The van der Waals surface area contributed by atoms with E-state index in [1.165, 1.54) is 11.8 Å². The van der Waals surface area contributed by atoms with Gasteiger partial charge in [-0.3, -0.25) is 14.4 Å². The maximum atomic E-state index is 13.0. The highest BCUT2D eigenvalue weighted by Gasteiger charge is 2.28. The van der Waals surface area contributed by atoms with Gasteiger partial charge in [0.25, 0.3) is 5.91 Å². The molecule has 26 heavy (non-hydrogen) atoms. The second-order valence-electron chi connectivity index (χ2n) is 6.67. The van der Waals surface area contributed by atoms with E-state index in [0.717, 1.165) is 17.3 Å². The molecule has 1 fully saturated rings. The van der Waals surface area contributed by atoms with Crippen LogP contribution < -0.4 is 0 Å². The van der Waals surface area contributed by atoms with E-state index in [-0.39, 0.29) is 24.4 Å². The minimum Gasteiger partial charge on any atom is -0.480 e. The van der Waals surface area contributed by atoms with Crippen LogP contribution in [0.25, 0.3) is 10.9 Å². The van der Waals surface area contributed by atoms with Crippen molar-refractivity contribution in [2.24, 2.45) is 0 Å². The molecule has 2 heterocycles. The highest BCUT2D eigenvalue weighted by Crippen LogP contribution is 2.22. The Balaban J connectivity index is 1.74. The minimum atomic E-state index is -1.02. The van der Waals surface area contributed by atoms with Gasteiger partial charge >= 0.3 is 5.97 Å². The number of hydrogen-bond donors (Lipinski definition) is 2. The molecule has 1 saturated heterocycles. The Hall–Kier alpha value is -2.83. The van der Waals surface area contributed by atoms with E-state index in [4.69, 9.17) is 5.11 Å². The van der Waals surface area contributed by atoms with Crippen LogP contribution >= 0.6 is 0 Å². The number of nitrogens with zero attached hydrogens (tertiary/aromatic N) is 2. The Labute approximate surface area is 151 Å². The van der Waals surface area contributed by atoms with Crippen LogP contribution in [0.4, 0.5) is 0 Å². The summed E-state index contributed by atoms with van der Waals surface area (Å²) in [6, 6.07) is 7.42. The fourth-order valence-electron chi connectivity index (χ4n) is 3.67. The lowest BCUT2D eigenvalue weighted by atomic mass is 10.1. The van der Waals surface area contributed by atoms with Crippen LogP contribution in [-0.2, 0) is 9.59 Å². The fourth-order valence-corrected chi connectivity index (χ4v) is 3.67. The zero-order valence-electron chi connectivity index (χ0n) is 14.8. The third-order valence-electron chi connectivity index (χ3n) is 4.95. The van der Waals surface area contributed by atoms with Gasteiger partial charge in [-0.1, -0.05) is 12.1 Å². The molecule has 2 N–H and O–H groups in total. The quantitative estimate of drug-likeness (QED) is 0.876. The minimum absolute atomic E-state index is 0.0358. The molecule has 0 bridgehead atoms. The number of aromatic amines is 1. The van der Waals surface area contributed by atoms with Crippen LogP contribution in [0.5, 0.6) is 0 Å². The summed E-state index contributed by atoms with van der Waals surface area (Å²) in [6.45, 7) is 2.20. The lowest BCUT2D eigenvalue weighted by Gasteiger charge is -2.28. The normalized spacial score (nSPS) is 17.7. The van der Waals surface area contributed by atoms with E-state index in [1.54, 1.807) is 4.90 Å². The summed E-state index contributed by atoms with van der Waals surface area (Å²) in [6.07, 6.45) is 3.83. The number of benzene rings is 1. The monoisotopic (exact) mass is 357 g/mol. The number of carbonyl (C=O) groups excluding carboxylic acids is 2. The van der Waals surface area contributed by atoms with Gasteiger partial charge < -0.3 is 19.9 Å². The molecule has 0 spiro atoms. The number of aliphatic carboxylic acids is 1. The first-order valence-electron chi connectivity index (χ1n) is 8.81. The van der Waals surface area contributed by atoms with Gasteiger partial charge in [-0.05, 0) is 31.4 Å². The molecule has 1 aromatic heterocycles. The molecule has 1 aromatic carbocycles. The lowest BCUT2D eigenvalue weighted by molar-refractivity contribution is -0.145. The standard InChI is InChI=1S/C19H23N3O4/c1-13(23)22(12-17(24)25)15-5-3-10-21(11-8-15)19(26)16-6-2-4-14-7-9-20-18(14)16/h2,4,6-7,9,15,20H,3,5,8,10-12H2,1H3,(H,24,25). The zero-order chi connectivity index (χ0) is 18.7. The smallest absolute Gasteiger partial charge is 0.323 e. The van der Waals surface area contributed by atoms with Gasteiger partial charge in [0.15, 0.2) is 0 Å². The van der Waals surface area contributed by atoms with Crippen molar-refractivity contribution >= 4 is 28.7 Å². The molecule has 1 atom stereocenters. The van der Waals surface area contributed by atoms with Crippen molar-refractivity contribution in [2.75, 3.05) is 19.6 Å². The highest BCUT2D eigenvalue weighted by atomic mass is 16.4. The molecule has 0 aliphatic carbocycles. The van der Waals surface area contributed by atoms with Crippen molar-refractivity contribution < 1.29 is 19.5 Å². The van der Waals surface area contributed by atoms with Crippen LogP contribution in [0, 0.1) is 0 Å². The second kappa shape index (κ2) is 7.59. The Kier molecular flexibility index (Phi) is 5.25. The van der Waals surface area contributed by atoms with E-state index >= 15 is 0 Å². The molecular weight excluding hydrogens is 334 g/mol. The summed E-state index contributed by atoms with van der Waals surface area (Å²) in [5.74, 6) is -1.30.